The largest absolute Gasteiger partial charge is 0.496 e. The highest BCUT2D eigenvalue weighted by atomic mass is 32.2. The van der Waals surface area contributed by atoms with E-state index in [4.69, 9.17) is 9.29 Å². The van der Waals surface area contributed by atoms with Gasteiger partial charge >= 0.3 is 0 Å². The lowest BCUT2D eigenvalue weighted by atomic mass is 10.2. The van der Waals surface area contributed by atoms with Crippen LogP contribution in [-0.4, -0.2) is 26.4 Å². The number of ether oxygens (including phenoxy) is 1. The molecule has 1 aromatic rings. The van der Waals surface area contributed by atoms with E-state index in [0.29, 0.717) is 6.29 Å². The van der Waals surface area contributed by atoms with Crippen molar-refractivity contribution in [1.29, 1.82) is 0 Å². The first-order chi connectivity index (χ1) is 6.49. The zero-order valence-corrected chi connectivity index (χ0v) is 8.11. The molecule has 0 saturated carbocycles. The SMILES string of the molecule is COc1cc(S(=O)(=O)O)ccc1C=O. The molecule has 0 aromatic heterocycles. The number of methoxy groups -OCH3 is 1. The second-order valence-corrected chi connectivity index (χ2v) is 3.92. The molecule has 1 aromatic carbocycles. The molecule has 0 fully saturated rings. The van der Waals surface area contributed by atoms with Crippen LogP contribution in [0.25, 0.3) is 0 Å². The second kappa shape index (κ2) is 3.77. The summed E-state index contributed by atoms with van der Waals surface area (Å²) >= 11 is 0. The second-order valence-electron chi connectivity index (χ2n) is 2.50. The molecule has 76 valence electrons. The summed E-state index contributed by atoms with van der Waals surface area (Å²) in [6.45, 7) is 0. The smallest absolute Gasteiger partial charge is 0.294 e. The number of aldehydes is 1. The van der Waals surface area contributed by atoms with Crippen LogP contribution in [-0.2, 0) is 10.1 Å². The van der Waals surface area contributed by atoms with Crippen LogP contribution in [0.15, 0.2) is 23.1 Å². The zero-order valence-electron chi connectivity index (χ0n) is 7.30. The first kappa shape index (κ1) is 10.7. The van der Waals surface area contributed by atoms with Gasteiger partial charge < -0.3 is 4.74 Å². The van der Waals surface area contributed by atoms with Gasteiger partial charge in [-0.15, -0.1) is 0 Å². The summed E-state index contributed by atoms with van der Waals surface area (Å²) in [5, 5.41) is 0. The monoisotopic (exact) mass is 216 g/mol. The fraction of sp³-hybridized carbons (Fsp3) is 0.125. The van der Waals surface area contributed by atoms with Crippen molar-refractivity contribution < 1.29 is 22.5 Å². The standard InChI is InChI=1S/C8H8O5S/c1-13-8-4-7(14(10,11)12)3-2-6(8)5-9/h2-5H,1H3,(H,10,11,12). The Kier molecular flexibility index (Phi) is 2.87. The average Bonchev–Trinajstić information content (AvgIpc) is 2.15. The third-order valence-corrected chi connectivity index (χ3v) is 2.48. The molecule has 0 amide bonds. The van der Waals surface area contributed by atoms with Gasteiger partial charge in [0.15, 0.2) is 6.29 Å². The maximum absolute atomic E-state index is 10.7. The van der Waals surface area contributed by atoms with E-state index in [1.807, 2.05) is 0 Å². The molecule has 0 saturated heterocycles. The van der Waals surface area contributed by atoms with Gasteiger partial charge in [0.1, 0.15) is 5.75 Å². The van der Waals surface area contributed by atoms with Crippen LogP contribution in [0.4, 0.5) is 0 Å². The topological polar surface area (TPSA) is 80.7 Å². The van der Waals surface area contributed by atoms with Crippen molar-refractivity contribution in [3.05, 3.63) is 23.8 Å². The highest BCUT2D eigenvalue weighted by Gasteiger charge is 2.12. The van der Waals surface area contributed by atoms with Gasteiger partial charge in [-0.2, -0.15) is 8.42 Å². The first-order valence-electron chi connectivity index (χ1n) is 3.59. The number of carbonyl (C=O) groups is 1. The van der Waals surface area contributed by atoms with Gasteiger partial charge in [0, 0.05) is 6.07 Å². The van der Waals surface area contributed by atoms with Crippen molar-refractivity contribution in [2.24, 2.45) is 0 Å². The predicted octanol–water partition coefficient (Wildman–Crippen LogP) is 0.754. The summed E-state index contributed by atoms with van der Waals surface area (Å²) in [6, 6.07) is 3.47. The summed E-state index contributed by atoms with van der Waals surface area (Å²) < 4.78 is 34.9. The normalized spacial score (nSPS) is 11.0. The van der Waals surface area contributed by atoms with Gasteiger partial charge in [0.25, 0.3) is 10.1 Å². The molecule has 1 N–H and O–H groups in total. The number of rotatable bonds is 3. The van der Waals surface area contributed by atoms with Gasteiger partial charge in [-0.05, 0) is 12.1 Å². The van der Waals surface area contributed by atoms with E-state index in [2.05, 4.69) is 0 Å². The molecule has 6 heteroatoms. The van der Waals surface area contributed by atoms with Crippen LogP contribution in [0.1, 0.15) is 10.4 Å². The minimum Gasteiger partial charge on any atom is -0.496 e. The molecule has 5 nitrogen and oxygen atoms in total. The summed E-state index contributed by atoms with van der Waals surface area (Å²) in [4.78, 5) is 10.1. The molecule has 0 aliphatic carbocycles. The van der Waals surface area contributed by atoms with Gasteiger partial charge in [0.2, 0.25) is 0 Å². The quantitative estimate of drug-likeness (QED) is 0.595. The third kappa shape index (κ3) is 2.09. The lowest BCUT2D eigenvalue weighted by molar-refractivity contribution is 0.112. The number of carbonyl (C=O) groups excluding carboxylic acids is 1. The van der Waals surface area contributed by atoms with E-state index < -0.39 is 10.1 Å². The number of hydrogen-bond acceptors (Lipinski definition) is 4. The van der Waals surface area contributed by atoms with Crippen LogP contribution < -0.4 is 4.74 Å². The molecule has 0 bridgehead atoms. The Labute approximate surface area is 81.1 Å². The van der Waals surface area contributed by atoms with Crippen molar-refractivity contribution in [1.82, 2.24) is 0 Å². The molecular formula is C8H8O5S. The highest BCUT2D eigenvalue weighted by Crippen LogP contribution is 2.21. The molecule has 0 radical (unpaired) electrons. The van der Waals surface area contributed by atoms with Gasteiger partial charge in [-0.1, -0.05) is 0 Å². The van der Waals surface area contributed by atoms with E-state index in [0.717, 1.165) is 12.1 Å². The van der Waals surface area contributed by atoms with Crippen molar-refractivity contribution in [2.45, 2.75) is 4.90 Å². The van der Waals surface area contributed by atoms with Crippen LogP contribution in [0, 0.1) is 0 Å². The summed E-state index contributed by atoms with van der Waals surface area (Å²) in [5.74, 6) is 0.107. The van der Waals surface area contributed by atoms with Gasteiger partial charge in [-0.25, -0.2) is 0 Å². The molecule has 0 aliphatic rings. The van der Waals surface area contributed by atoms with Crippen molar-refractivity contribution in [2.75, 3.05) is 7.11 Å². The molecule has 0 heterocycles. The molecule has 1 rings (SSSR count). The Morgan fingerprint density at radius 3 is 2.50 bits per heavy atom. The highest BCUT2D eigenvalue weighted by molar-refractivity contribution is 7.85. The van der Waals surface area contributed by atoms with Crippen LogP contribution in [0.3, 0.4) is 0 Å². The van der Waals surface area contributed by atoms with Crippen molar-refractivity contribution >= 4 is 16.4 Å². The van der Waals surface area contributed by atoms with Crippen LogP contribution >= 0.6 is 0 Å². The van der Waals surface area contributed by atoms with Crippen molar-refractivity contribution in [3.63, 3.8) is 0 Å². The van der Waals surface area contributed by atoms with E-state index in [-0.39, 0.29) is 16.2 Å². The third-order valence-electron chi connectivity index (χ3n) is 1.63. The lowest BCUT2D eigenvalue weighted by Crippen LogP contribution is -2.00. The molecule has 0 spiro atoms. The maximum Gasteiger partial charge on any atom is 0.294 e. The fourth-order valence-electron chi connectivity index (χ4n) is 0.949. The lowest BCUT2D eigenvalue weighted by Gasteiger charge is -2.04. The molecule has 0 unspecified atom stereocenters. The van der Waals surface area contributed by atoms with Crippen LogP contribution in [0.5, 0.6) is 5.75 Å². The number of hydrogen-bond donors (Lipinski definition) is 1. The Morgan fingerprint density at radius 2 is 2.07 bits per heavy atom. The molecular weight excluding hydrogens is 208 g/mol. The minimum absolute atomic E-state index is 0.107. The van der Waals surface area contributed by atoms with Gasteiger partial charge in [0.05, 0.1) is 17.6 Å². The Balaban J connectivity index is 3.35. The van der Waals surface area contributed by atoms with Crippen molar-refractivity contribution in [3.8, 4) is 5.75 Å². The van der Waals surface area contributed by atoms with Gasteiger partial charge in [-0.3, -0.25) is 9.35 Å². The predicted molar refractivity (Wildman–Crippen MR) is 48.2 cm³/mol. The summed E-state index contributed by atoms with van der Waals surface area (Å²) in [5.41, 5.74) is 0.222. The Bertz CT molecular complexity index is 449. The van der Waals surface area contributed by atoms with E-state index in [9.17, 15) is 13.2 Å². The maximum atomic E-state index is 10.7. The molecule has 0 atom stereocenters. The average molecular weight is 216 g/mol. The number of benzene rings is 1. The molecule has 0 aliphatic heterocycles. The first-order valence-corrected chi connectivity index (χ1v) is 5.03. The van der Waals surface area contributed by atoms with E-state index >= 15 is 0 Å². The Hall–Kier alpha value is -1.40. The van der Waals surface area contributed by atoms with E-state index in [1.54, 1.807) is 0 Å². The Morgan fingerprint density at radius 1 is 1.43 bits per heavy atom. The van der Waals surface area contributed by atoms with Crippen LogP contribution in [0.2, 0.25) is 0 Å². The molecule has 14 heavy (non-hydrogen) atoms. The minimum atomic E-state index is -4.26. The van der Waals surface area contributed by atoms with E-state index in [1.165, 1.54) is 13.2 Å². The summed E-state index contributed by atoms with van der Waals surface area (Å²) in [7, 11) is -2.95. The fourth-order valence-corrected chi connectivity index (χ4v) is 1.45. The summed E-state index contributed by atoms with van der Waals surface area (Å²) in [6.07, 6.45) is 0.534. The zero-order chi connectivity index (χ0) is 10.8.